The van der Waals surface area contributed by atoms with E-state index in [1.165, 1.54) is 6.07 Å². The summed E-state index contributed by atoms with van der Waals surface area (Å²) in [7, 11) is 0. The third-order valence-electron chi connectivity index (χ3n) is 3.04. The maximum atomic E-state index is 12.8. The van der Waals surface area contributed by atoms with Crippen LogP contribution >= 0.6 is 0 Å². The molecular formula is C13H16F3NO. The van der Waals surface area contributed by atoms with E-state index in [-0.39, 0.29) is 6.04 Å². The maximum absolute atomic E-state index is 12.8. The van der Waals surface area contributed by atoms with E-state index < -0.39 is 17.3 Å². The van der Waals surface area contributed by atoms with Crippen LogP contribution in [0.4, 0.5) is 18.9 Å². The Balaban J connectivity index is 2.25. The molecule has 1 aromatic carbocycles. The maximum Gasteiger partial charge on any atom is 0.416 e. The minimum atomic E-state index is -4.32. The predicted molar refractivity (Wildman–Crippen MR) is 63.5 cm³/mol. The third kappa shape index (κ3) is 2.77. The van der Waals surface area contributed by atoms with Crippen LogP contribution < -0.4 is 5.32 Å². The van der Waals surface area contributed by atoms with Gasteiger partial charge in [0.05, 0.1) is 11.2 Å². The Morgan fingerprint density at radius 3 is 2.56 bits per heavy atom. The fourth-order valence-electron chi connectivity index (χ4n) is 2.45. The summed E-state index contributed by atoms with van der Waals surface area (Å²) in [5.74, 6) is 0. The van der Waals surface area contributed by atoms with Crippen molar-refractivity contribution < 1.29 is 18.3 Å². The highest BCUT2D eigenvalue weighted by molar-refractivity contribution is 5.60. The molecule has 0 radical (unpaired) electrons. The molecule has 0 aromatic heterocycles. The molecule has 2 rings (SSSR count). The second-order valence-corrected chi connectivity index (χ2v) is 5.39. The molecule has 1 atom stereocenters. The first-order valence-electron chi connectivity index (χ1n) is 5.85. The van der Waals surface area contributed by atoms with Gasteiger partial charge in [-0.1, -0.05) is 6.07 Å². The molecule has 1 unspecified atom stereocenters. The standard InChI is InChI=1S/C13H16F3NO/c1-12(2,18)7-8-6-9-10(13(14,15)16)4-3-5-11(9)17-8/h3-5,8,17-18H,6-7H2,1-2H3. The highest BCUT2D eigenvalue weighted by Gasteiger charge is 2.37. The topological polar surface area (TPSA) is 32.3 Å². The molecule has 100 valence electrons. The number of nitrogens with one attached hydrogen (secondary N) is 1. The predicted octanol–water partition coefficient (Wildman–Crippen LogP) is 3.20. The summed E-state index contributed by atoms with van der Waals surface area (Å²) < 4.78 is 38.5. The van der Waals surface area contributed by atoms with Crippen LogP contribution in [0.15, 0.2) is 18.2 Å². The monoisotopic (exact) mass is 259 g/mol. The van der Waals surface area contributed by atoms with Crippen LogP contribution in [0.5, 0.6) is 0 Å². The molecule has 1 heterocycles. The molecule has 1 aliphatic heterocycles. The quantitative estimate of drug-likeness (QED) is 0.854. The van der Waals surface area contributed by atoms with Crippen LogP contribution in [-0.4, -0.2) is 16.7 Å². The number of fused-ring (bicyclic) bond motifs is 1. The van der Waals surface area contributed by atoms with Gasteiger partial charge in [-0.15, -0.1) is 0 Å². The molecular weight excluding hydrogens is 243 g/mol. The third-order valence-corrected chi connectivity index (χ3v) is 3.04. The van der Waals surface area contributed by atoms with Gasteiger partial charge in [0.25, 0.3) is 0 Å². The lowest BCUT2D eigenvalue weighted by molar-refractivity contribution is -0.138. The van der Waals surface area contributed by atoms with E-state index in [0.717, 1.165) is 6.07 Å². The van der Waals surface area contributed by atoms with Crippen LogP contribution in [0.3, 0.4) is 0 Å². The molecule has 0 aliphatic carbocycles. The van der Waals surface area contributed by atoms with Crippen LogP contribution in [0.25, 0.3) is 0 Å². The lowest BCUT2D eigenvalue weighted by Crippen LogP contribution is -2.29. The highest BCUT2D eigenvalue weighted by Crippen LogP contribution is 2.39. The number of alkyl halides is 3. The van der Waals surface area contributed by atoms with Crippen molar-refractivity contribution in [1.29, 1.82) is 0 Å². The minimum absolute atomic E-state index is 0.150. The number of anilines is 1. The molecule has 5 heteroatoms. The van der Waals surface area contributed by atoms with E-state index in [1.807, 2.05) is 0 Å². The zero-order chi connectivity index (χ0) is 13.6. The van der Waals surface area contributed by atoms with Gasteiger partial charge < -0.3 is 10.4 Å². The van der Waals surface area contributed by atoms with E-state index in [0.29, 0.717) is 24.1 Å². The zero-order valence-corrected chi connectivity index (χ0v) is 10.3. The Bertz CT molecular complexity index is 449. The lowest BCUT2D eigenvalue weighted by atomic mass is 9.95. The van der Waals surface area contributed by atoms with E-state index in [2.05, 4.69) is 5.32 Å². The van der Waals surface area contributed by atoms with Gasteiger partial charge in [0.1, 0.15) is 0 Å². The molecule has 0 fully saturated rings. The fraction of sp³-hybridized carbons (Fsp3) is 0.538. The molecule has 1 aliphatic rings. The first-order valence-corrected chi connectivity index (χ1v) is 5.85. The van der Waals surface area contributed by atoms with E-state index in [4.69, 9.17) is 0 Å². The van der Waals surface area contributed by atoms with Gasteiger partial charge in [0.15, 0.2) is 0 Å². The Labute approximate surface area is 104 Å². The number of benzene rings is 1. The second kappa shape index (κ2) is 4.16. The smallest absolute Gasteiger partial charge is 0.390 e. The van der Waals surface area contributed by atoms with Gasteiger partial charge in [0.2, 0.25) is 0 Å². The number of rotatable bonds is 2. The average Bonchev–Trinajstić information content (AvgIpc) is 2.53. The van der Waals surface area contributed by atoms with Gasteiger partial charge in [-0.2, -0.15) is 13.2 Å². The van der Waals surface area contributed by atoms with E-state index in [9.17, 15) is 18.3 Å². The number of aliphatic hydroxyl groups is 1. The summed E-state index contributed by atoms with van der Waals surface area (Å²) in [6.45, 7) is 3.31. The normalized spacial score (nSPS) is 19.6. The van der Waals surface area contributed by atoms with Crippen LogP contribution in [0.2, 0.25) is 0 Å². The van der Waals surface area contributed by atoms with Crippen LogP contribution in [-0.2, 0) is 12.6 Å². The van der Waals surface area contributed by atoms with Gasteiger partial charge >= 0.3 is 6.18 Å². The van der Waals surface area contributed by atoms with Gasteiger partial charge in [0, 0.05) is 11.7 Å². The Hall–Kier alpha value is -1.23. The van der Waals surface area contributed by atoms with Crippen molar-refractivity contribution in [2.75, 3.05) is 5.32 Å². The summed E-state index contributed by atoms with van der Waals surface area (Å²) in [6, 6.07) is 4.01. The van der Waals surface area contributed by atoms with Crippen molar-refractivity contribution >= 4 is 5.69 Å². The summed E-state index contributed by atoms with van der Waals surface area (Å²) in [5.41, 5.74) is -0.637. The largest absolute Gasteiger partial charge is 0.416 e. The molecule has 2 nitrogen and oxygen atoms in total. The summed E-state index contributed by atoms with van der Waals surface area (Å²) in [4.78, 5) is 0. The number of halogens is 3. The first kappa shape index (κ1) is 13.2. The molecule has 0 saturated heterocycles. The number of hydrogen-bond donors (Lipinski definition) is 2. The van der Waals surface area contributed by atoms with Crippen molar-refractivity contribution in [2.24, 2.45) is 0 Å². The SMILES string of the molecule is CC(C)(O)CC1Cc2c(cccc2C(F)(F)F)N1. The summed E-state index contributed by atoms with van der Waals surface area (Å²) >= 11 is 0. The molecule has 0 amide bonds. The van der Waals surface area contributed by atoms with Crippen molar-refractivity contribution in [1.82, 2.24) is 0 Å². The summed E-state index contributed by atoms with van der Waals surface area (Å²) in [5, 5.41) is 12.8. The summed E-state index contributed by atoms with van der Waals surface area (Å²) in [6.07, 6.45) is -3.61. The Kier molecular flexibility index (Phi) is 3.05. The Morgan fingerprint density at radius 1 is 1.33 bits per heavy atom. The fourth-order valence-corrected chi connectivity index (χ4v) is 2.45. The molecule has 0 spiro atoms. The molecule has 1 aromatic rings. The van der Waals surface area contributed by atoms with Gasteiger partial charge in [-0.3, -0.25) is 0 Å². The molecule has 0 saturated carbocycles. The van der Waals surface area contributed by atoms with E-state index in [1.54, 1.807) is 19.9 Å². The van der Waals surface area contributed by atoms with Crippen molar-refractivity contribution in [3.05, 3.63) is 29.3 Å². The van der Waals surface area contributed by atoms with Gasteiger partial charge in [-0.05, 0) is 44.4 Å². The van der Waals surface area contributed by atoms with Gasteiger partial charge in [-0.25, -0.2) is 0 Å². The van der Waals surface area contributed by atoms with Crippen LogP contribution in [0, 0.1) is 0 Å². The molecule has 2 N–H and O–H groups in total. The van der Waals surface area contributed by atoms with Crippen molar-refractivity contribution in [3.63, 3.8) is 0 Å². The second-order valence-electron chi connectivity index (χ2n) is 5.39. The zero-order valence-electron chi connectivity index (χ0n) is 10.3. The lowest BCUT2D eigenvalue weighted by Gasteiger charge is -2.22. The molecule has 18 heavy (non-hydrogen) atoms. The average molecular weight is 259 g/mol. The van der Waals surface area contributed by atoms with Crippen molar-refractivity contribution in [2.45, 2.75) is 44.5 Å². The number of hydrogen-bond acceptors (Lipinski definition) is 2. The Morgan fingerprint density at radius 2 is 2.00 bits per heavy atom. The first-order chi connectivity index (χ1) is 8.17. The van der Waals surface area contributed by atoms with Crippen LogP contribution in [0.1, 0.15) is 31.4 Å². The van der Waals surface area contributed by atoms with Crippen molar-refractivity contribution in [3.8, 4) is 0 Å². The highest BCUT2D eigenvalue weighted by atomic mass is 19.4. The van der Waals surface area contributed by atoms with E-state index >= 15 is 0 Å². The minimum Gasteiger partial charge on any atom is -0.390 e. The molecule has 0 bridgehead atoms.